The van der Waals surface area contributed by atoms with Gasteiger partial charge in [-0.05, 0) is 36.1 Å². The number of hydrogen-bond donors (Lipinski definition) is 1. The molecule has 0 unspecified atom stereocenters. The van der Waals surface area contributed by atoms with Crippen LogP contribution < -0.4 is 10.9 Å². The largest absolute Gasteiger partial charge is 0.354 e. The highest BCUT2D eigenvalue weighted by atomic mass is 16.2. The van der Waals surface area contributed by atoms with E-state index in [1.165, 1.54) is 0 Å². The van der Waals surface area contributed by atoms with Gasteiger partial charge in [0.15, 0.2) is 5.82 Å². The van der Waals surface area contributed by atoms with Crippen LogP contribution in [0, 0.1) is 5.92 Å². The molecular formula is C24H24N4O2. The van der Waals surface area contributed by atoms with Gasteiger partial charge in [0.05, 0.1) is 16.6 Å². The van der Waals surface area contributed by atoms with Gasteiger partial charge in [-0.15, -0.1) is 0 Å². The second kappa shape index (κ2) is 7.13. The van der Waals surface area contributed by atoms with Gasteiger partial charge in [-0.3, -0.25) is 14.2 Å². The van der Waals surface area contributed by atoms with E-state index in [9.17, 15) is 9.59 Å². The van der Waals surface area contributed by atoms with E-state index in [-0.39, 0.29) is 18.0 Å². The summed E-state index contributed by atoms with van der Waals surface area (Å²) in [6, 6.07) is 15.6. The minimum atomic E-state index is -0.0347. The molecule has 6 heteroatoms. The monoisotopic (exact) mass is 400 g/mol. The van der Waals surface area contributed by atoms with Crippen LogP contribution in [-0.2, 0) is 24.3 Å². The lowest BCUT2D eigenvalue weighted by molar-refractivity contribution is -0.121. The van der Waals surface area contributed by atoms with Crippen molar-refractivity contribution in [2.75, 3.05) is 6.54 Å². The molecule has 0 atom stereocenters. The third kappa shape index (κ3) is 2.91. The third-order valence-corrected chi connectivity index (χ3v) is 5.74. The van der Waals surface area contributed by atoms with Gasteiger partial charge in [0.2, 0.25) is 5.91 Å². The number of para-hydroxylation sites is 2. The molecule has 0 radical (unpaired) electrons. The lowest BCUT2D eigenvalue weighted by atomic mass is 10.0. The van der Waals surface area contributed by atoms with Crippen molar-refractivity contribution in [3.63, 3.8) is 0 Å². The first-order valence-electron chi connectivity index (χ1n) is 10.4. The molecule has 2 aromatic heterocycles. The number of carbonyl (C=O) groups is 1. The summed E-state index contributed by atoms with van der Waals surface area (Å²) in [7, 11) is 0. The van der Waals surface area contributed by atoms with Crippen LogP contribution in [0.15, 0.2) is 53.3 Å². The Morgan fingerprint density at radius 2 is 1.83 bits per heavy atom. The van der Waals surface area contributed by atoms with Gasteiger partial charge in [-0.2, -0.15) is 0 Å². The maximum atomic E-state index is 13.1. The van der Waals surface area contributed by atoms with Crippen LogP contribution in [0.2, 0.25) is 0 Å². The Hall–Kier alpha value is -3.41. The van der Waals surface area contributed by atoms with Crippen LogP contribution in [0.3, 0.4) is 0 Å². The normalized spacial score (nSPS) is 12.9. The highest BCUT2D eigenvalue weighted by molar-refractivity contribution is 5.93. The van der Waals surface area contributed by atoms with E-state index in [4.69, 9.17) is 4.98 Å². The van der Waals surface area contributed by atoms with Gasteiger partial charge in [0.25, 0.3) is 5.56 Å². The van der Waals surface area contributed by atoms with Gasteiger partial charge in [-0.25, -0.2) is 4.98 Å². The molecule has 0 bridgehead atoms. The highest BCUT2D eigenvalue weighted by Crippen LogP contribution is 2.36. The minimum absolute atomic E-state index is 0.0256. The maximum absolute atomic E-state index is 13.1. The summed E-state index contributed by atoms with van der Waals surface area (Å²) < 4.78 is 3.78. The first kappa shape index (κ1) is 18.6. The van der Waals surface area contributed by atoms with Crippen molar-refractivity contribution >= 4 is 27.7 Å². The van der Waals surface area contributed by atoms with E-state index in [0.717, 1.165) is 28.6 Å². The summed E-state index contributed by atoms with van der Waals surface area (Å²) in [5.74, 6) is 0.997. The summed E-state index contributed by atoms with van der Waals surface area (Å²) >= 11 is 0. The second-order valence-electron chi connectivity index (χ2n) is 8.29. The topological polar surface area (TPSA) is 68.9 Å². The average molecular weight is 400 g/mol. The zero-order valence-corrected chi connectivity index (χ0v) is 17.2. The number of nitrogens with one attached hydrogen (secondary N) is 1. The molecule has 152 valence electrons. The Balaban J connectivity index is 1.73. The Bertz CT molecular complexity index is 1350. The molecule has 30 heavy (non-hydrogen) atoms. The molecule has 0 fully saturated rings. The zero-order valence-electron chi connectivity index (χ0n) is 17.2. The Morgan fingerprint density at radius 1 is 1.10 bits per heavy atom. The molecule has 2 aromatic carbocycles. The van der Waals surface area contributed by atoms with Crippen LogP contribution in [0.25, 0.3) is 33.3 Å². The smallest absolute Gasteiger partial charge is 0.261 e. The molecule has 1 amide bonds. The molecule has 0 saturated carbocycles. The fourth-order valence-corrected chi connectivity index (χ4v) is 4.35. The van der Waals surface area contributed by atoms with Crippen LogP contribution in [0.4, 0.5) is 0 Å². The van der Waals surface area contributed by atoms with Crippen molar-refractivity contribution in [3.05, 3.63) is 64.4 Å². The van der Waals surface area contributed by atoms with Crippen molar-refractivity contribution in [1.82, 2.24) is 19.4 Å². The summed E-state index contributed by atoms with van der Waals surface area (Å²) in [6.07, 6.45) is 0.739. The minimum Gasteiger partial charge on any atom is -0.354 e. The van der Waals surface area contributed by atoms with Crippen molar-refractivity contribution < 1.29 is 4.79 Å². The summed E-state index contributed by atoms with van der Waals surface area (Å²) in [4.78, 5) is 30.7. The quantitative estimate of drug-likeness (QED) is 0.571. The zero-order chi connectivity index (χ0) is 20.8. The van der Waals surface area contributed by atoms with E-state index in [1.807, 2.05) is 47.0 Å². The molecule has 4 aromatic rings. The van der Waals surface area contributed by atoms with Gasteiger partial charge < -0.3 is 9.88 Å². The number of benzene rings is 2. The summed E-state index contributed by atoms with van der Waals surface area (Å²) in [5.41, 5.74) is 3.69. The molecule has 5 rings (SSSR count). The number of nitrogens with zero attached hydrogens (tertiary/aromatic N) is 3. The van der Waals surface area contributed by atoms with Gasteiger partial charge in [-0.1, -0.05) is 44.2 Å². The van der Waals surface area contributed by atoms with Gasteiger partial charge in [0, 0.05) is 24.0 Å². The molecule has 0 aliphatic carbocycles. The predicted molar refractivity (Wildman–Crippen MR) is 118 cm³/mol. The van der Waals surface area contributed by atoms with Crippen molar-refractivity contribution in [2.24, 2.45) is 5.92 Å². The molecule has 1 N–H and O–H groups in total. The first-order chi connectivity index (χ1) is 14.5. The van der Waals surface area contributed by atoms with Crippen LogP contribution in [-0.4, -0.2) is 26.6 Å². The summed E-state index contributed by atoms with van der Waals surface area (Å²) in [6.45, 7) is 5.58. The number of aryl methyl sites for hydroxylation is 1. The molecular weight excluding hydrogens is 376 g/mol. The number of aromatic nitrogens is 3. The Kier molecular flexibility index (Phi) is 4.42. The van der Waals surface area contributed by atoms with Crippen LogP contribution >= 0.6 is 0 Å². The lowest BCUT2D eigenvalue weighted by Gasteiger charge is -2.21. The Labute approximate surface area is 174 Å². The van der Waals surface area contributed by atoms with E-state index < -0.39 is 0 Å². The number of carbonyl (C=O) groups excluding carboxylic acids is 1. The third-order valence-electron chi connectivity index (χ3n) is 5.74. The van der Waals surface area contributed by atoms with Crippen LogP contribution in [0.1, 0.15) is 19.4 Å². The lowest BCUT2D eigenvalue weighted by Crippen LogP contribution is -2.32. The maximum Gasteiger partial charge on any atom is 0.261 e. The van der Waals surface area contributed by atoms with Crippen molar-refractivity contribution in [2.45, 2.75) is 33.4 Å². The number of amides is 1. The van der Waals surface area contributed by atoms with E-state index >= 15 is 0 Å². The fraction of sp³-hybridized carbons (Fsp3) is 0.292. The fourth-order valence-electron chi connectivity index (χ4n) is 4.35. The van der Waals surface area contributed by atoms with Gasteiger partial charge in [0.1, 0.15) is 6.54 Å². The standard InChI is InChI=1S/C24H24N4O2/c1-15(2)13-25-21(29)14-28-20-10-6-4-7-16(20)17-11-12-27-23(22(17)28)26-19-9-5-3-8-18(19)24(27)30/h3-10,15H,11-14H2,1-2H3,(H,25,29). The van der Waals surface area contributed by atoms with Crippen molar-refractivity contribution in [1.29, 1.82) is 0 Å². The molecule has 0 spiro atoms. The first-order valence-corrected chi connectivity index (χ1v) is 10.4. The van der Waals surface area contributed by atoms with E-state index in [1.54, 1.807) is 4.57 Å². The molecule has 0 saturated heterocycles. The van der Waals surface area contributed by atoms with Gasteiger partial charge >= 0.3 is 0 Å². The second-order valence-corrected chi connectivity index (χ2v) is 8.29. The van der Waals surface area contributed by atoms with Crippen LogP contribution in [0.5, 0.6) is 0 Å². The average Bonchev–Trinajstić information content (AvgIpc) is 3.07. The van der Waals surface area contributed by atoms with E-state index in [2.05, 4.69) is 25.2 Å². The number of hydrogen-bond acceptors (Lipinski definition) is 3. The van der Waals surface area contributed by atoms with Crippen molar-refractivity contribution in [3.8, 4) is 11.5 Å². The summed E-state index contributed by atoms with van der Waals surface area (Å²) in [5, 5.41) is 4.76. The molecule has 6 nitrogen and oxygen atoms in total. The number of rotatable bonds is 4. The Morgan fingerprint density at radius 3 is 2.63 bits per heavy atom. The highest BCUT2D eigenvalue weighted by Gasteiger charge is 2.27. The SMILES string of the molecule is CC(C)CNC(=O)Cn1c2c(c3ccccc31)CCn1c-2nc2ccccc2c1=O. The molecule has 1 aliphatic rings. The molecule has 1 aliphatic heterocycles. The van der Waals surface area contributed by atoms with E-state index in [0.29, 0.717) is 35.7 Å². The predicted octanol–water partition coefficient (Wildman–Crippen LogP) is 3.35. The number of fused-ring (bicyclic) bond motifs is 6. The molecule has 3 heterocycles.